The lowest BCUT2D eigenvalue weighted by Crippen LogP contribution is -2.46. The van der Waals surface area contributed by atoms with Crippen LogP contribution < -0.4 is 10.7 Å². The number of aliphatic hydroxyl groups is 1. The van der Waals surface area contributed by atoms with Gasteiger partial charge in [-0.25, -0.2) is 4.79 Å². The molecule has 1 aromatic heterocycles. The first kappa shape index (κ1) is 17.8. The van der Waals surface area contributed by atoms with Crippen molar-refractivity contribution in [3.05, 3.63) is 64.6 Å². The highest BCUT2D eigenvalue weighted by molar-refractivity contribution is 5.73. The van der Waals surface area contributed by atoms with Gasteiger partial charge in [0.2, 0.25) is 0 Å². The molecule has 0 spiro atoms. The Labute approximate surface area is 158 Å². The quantitative estimate of drug-likeness (QED) is 0.750. The average molecular weight is 367 g/mol. The van der Waals surface area contributed by atoms with Gasteiger partial charge in [0.25, 0.3) is 0 Å². The monoisotopic (exact) mass is 367 g/mol. The zero-order valence-electron chi connectivity index (χ0n) is 15.5. The third kappa shape index (κ3) is 3.77. The standard InChI is InChI=1S/C21H25N3O3/c1-22-18-8-7-16(15-20(18)27-21(22)26)19(25)9-10-23-11-13-24(14-12-23)17-5-3-2-4-6-17/h2-8,15,19,25H,9-14H2,1H3. The second-order valence-corrected chi connectivity index (χ2v) is 7.12. The molecule has 1 saturated heterocycles. The smallest absolute Gasteiger partial charge is 0.408 e. The van der Waals surface area contributed by atoms with Crippen LogP contribution in [0, 0.1) is 0 Å². The van der Waals surface area contributed by atoms with Gasteiger partial charge in [-0.05, 0) is 36.2 Å². The van der Waals surface area contributed by atoms with Crippen LogP contribution >= 0.6 is 0 Å². The van der Waals surface area contributed by atoms with E-state index in [4.69, 9.17) is 4.42 Å². The number of piperazine rings is 1. The molecule has 27 heavy (non-hydrogen) atoms. The highest BCUT2D eigenvalue weighted by Gasteiger charge is 2.19. The highest BCUT2D eigenvalue weighted by atomic mass is 16.4. The van der Waals surface area contributed by atoms with E-state index in [1.54, 1.807) is 13.1 Å². The van der Waals surface area contributed by atoms with Crippen LogP contribution in [0.25, 0.3) is 11.1 Å². The summed E-state index contributed by atoms with van der Waals surface area (Å²) in [6.45, 7) is 4.84. The van der Waals surface area contributed by atoms with Crippen molar-refractivity contribution in [3.8, 4) is 0 Å². The lowest BCUT2D eigenvalue weighted by Gasteiger charge is -2.36. The predicted octanol–water partition coefficient (Wildman–Crippen LogP) is 2.38. The van der Waals surface area contributed by atoms with Gasteiger partial charge in [-0.1, -0.05) is 24.3 Å². The number of fused-ring (bicyclic) bond motifs is 1. The molecule has 3 aromatic rings. The Kier molecular flexibility index (Phi) is 5.01. The van der Waals surface area contributed by atoms with Gasteiger partial charge >= 0.3 is 5.76 Å². The Balaban J connectivity index is 1.32. The molecule has 2 aromatic carbocycles. The Morgan fingerprint density at radius 2 is 1.81 bits per heavy atom. The molecule has 2 heterocycles. The maximum atomic E-state index is 11.6. The normalized spacial score (nSPS) is 16.7. The van der Waals surface area contributed by atoms with E-state index < -0.39 is 6.10 Å². The number of aliphatic hydroxyl groups excluding tert-OH is 1. The number of anilines is 1. The molecule has 6 heteroatoms. The van der Waals surface area contributed by atoms with E-state index in [0.29, 0.717) is 12.0 Å². The molecule has 0 radical (unpaired) electrons. The van der Waals surface area contributed by atoms with Crippen molar-refractivity contribution in [3.63, 3.8) is 0 Å². The van der Waals surface area contributed by atoms with Gasteiger partial charge in [0, 0.05) is 45.5 Å². The van der Waals surface area contributed by atoms with Gasteiger partial charge in [-0.3, -0.25) is 9.47 Å². The van der Waals surface area contributed by atoms with Crippen LogP contribution in [0.5, 0.6) is 0 Å². The molecular weight excluding hydrogens is 342 g/mol. The van der Waals surface area contributed by atoms with E-state index in [1.807, 2.05) is 18.2 Å². The molecule has 0 amide bonds. The molecule has 1 N–H and O–H groups in total. The molecule has 0 bridgehead atoms. The third-order valence-corrected chi connectivity index (χ3v) is 5.41. The maximum Gasteiger partial charge on any atom is 0.419 e. The van der Waals surface area contributed by atoms with Gasteiger partial charge in [-0.15, -0.1) is 0 Å². The van der Waals surface area contributed by atoms with E-state index in [1.165, 1.54) is 10.3 Å². The number of oxazole rings is 1. The summed E-state index contributed by atoms with van der Waals surface area (Å²) in [5, 5.41) is 10.6. The van der Waals surface area contributed by atoms with E-state index in [2.05, 4.69) is 34.1 Å². The van der Waals surface area contributed by atoms with E-state index >= 15 is 0 Å². The van der Waals surface area contributed by atoms with Crippen molar-refractivity contribution in [2.45, 2.75) is 12.5 Å². The van der Waals surface area contributed by atoms with Crippen molar-refractivity contribution in [1.82, 2.24) is 9.47 Å². The number of rotatable bonds is 5. The van der Waals surface area contributed by atoms with Crippen molar-refractivity contribution in [2.75, 3.05) is 37.6 Å². The fraction of sp³-hybridized carbons (Fsp3) is 0.381. The molecule has 1 unspecified atom stereocenters. The number of hydrogen-bond donors (Lipinski definition) is 1. The van der Waals surface area contributed by atoms with Crippen molar-refractivity contribution < 1.29 is 9.52 Å². The minimum Gasteiger partial charge on any atom is -0.408 e. The van der Waals surface area contributed by atoms with Crippen LogP contribution in [0.3, 0.4) is 0 Å². The van der Waals surface area contributed by atoms with Crippen LogP contribution in [0.15, 0.2) is 57.7 Å². The molecule has 142 valence electrons. The molecule has 1 fully saturated rings. The highest BCUT2D eigenvalue weighted by Crippen LogP contribution is 2.23. The minimum absolute atomic E-state index is 0.382. The Morgan fingerprint density at radius 1 is 1.07 bits per heavy atom. The summed E-state index contributed by atoms with van der Waals surface area (Å²) in [6.07, 6.45) is 0.0977. The zero-order chi connectivity index (χ0) is 18.8. The van der Waals surface area contributed by atoms with Crippen molar-refractivity contribution in [1.29, 1.82) is 0 Å². The second kappa shape index (κ2) is 7.58. The predicted molar refractivity (Wildman–Crippen MR) is 106 cm³/mol. The van der Waals surface area contributed by atoms with Crippen LogP contribution in [0.2, 0.25) is 0 Å². The fourth-order valence-corrected chi connectivity index (χ4v) is 3.70. The Hall–Kier alpha value is -2.57. The van der Waals surface area contributed by atoms with E-state index in [0.717, 1.165) is 43.8 Å². The third-order valence-electron chi connectivity index (χ3n) is 5.41. The average Bonchev–Trinajstić information content (AvgIpc) is 3.00. The molecular formula is C21H25N3O3. The number of para-hydroxylation sites is 1. The van der Waals surface area contributed by atoms with Crippen LogP contribution in [0.1, 0.15) is 18.1 Å². The van der Waals surface area contributed by atoms with Crippen molar-refractivity contribution in [2.24, 2.45) is 7.05 Å². The van der Waals surface area contributed by atoms with Gasteiger partial charge in [0.1, 0.15) is 0 Å². The van der Waals surface area contributed by atoms with E-state index in [-0.39, 0.29) is 5.76 Å². The van der Waals surface area contributed by atoms with Crippen LogP contribution in [-0.2, 0) is 7.05 Å². The molecule has 6 nitrogen and oxygen atoms in total. The Bertz CT molecular complexity index is 956. The summed E-state index contributed by atoms with van der Waals surface area (Å²) < 4.78 is 6.69. The maximum absolute atomic E-state index is 11.6. The van der Waals surface area contributed by atoms with Gasteiger partial charge in [-0.2, -0.15) is 0 Å². The molecule has 1 atom stereocenters. The first-order valence-corrected chi connectivity index (χ1v) is 9.42. The summed E-state index contributed by atoms with van der Waals surface area (Å²) in [5.41, 5.74) is 3.33. The minimum atomic E-state index is -0.563. The molecule has 1 aliphatic heterocycles. The summed E-state index contributed by atoms with van der Waals surface area (Å²) in [4.78, 5) is 16.4. The molecule has 4 rings (SSSR count). The lowest BCUT2D eigenvalue weighted by atomic mass is 10.1. The summed E-state index contributed by atoms with van der Waals surface area (Å²) in [6, 6.07) is 16.0. The topological polar surface area (TPSA) is 61.9 Å². The van der Waals surface area contributed by atoms with Gasteiger partial charge in [0.15, 0.2) is 5.58 Å². The largest absolute Gasteiger partial charge is 0.419 e. The number of aryl methyl sites for hydroxylation is 1. The summed E-state index contributed by atoms with van der Waals surface area (Å²) in [5.74, 6) is -0.382. The number of aromatic nitrogens is 1. The lowest BCUT2D eigenvalue weighted by molar-refractivity contribution is 0.139. The first-order chi connectivity index (χ1) is 13.1. The molecule has 0 saturated carbocycles. The van der Waals surface area contributed by atoms with Gasteiger partial charge in [0.05, 0.1) is 11.6 Å². The van der Waals surface area contributed by atoms with E-state index in [9.17, 15) is 9.90 Å². The van der Waals surface area contributed by atoms with Crippen LogP contribution in [-0.4, -0.2) is 47.3 Å². The summed E-state index contributed by atoms with van der Waals surface area (Å²) in [7, 11) is 1.68. The fourth-order valence-electron chi connectivity index (χ4n) is 3.70. The Morgan fingerprint density at radius 3 is 2.56 bits per heavy atom. The van der Waals surface area contributed by atoms with Crippen molar-refractivity contribution >= 4 is 16.8 Å². The number of hydrogen-bond acceptors (Lipinski definition) is 5. The second-order valence-electron chi connectivity index (χ2n) is 7.12. The zero-order valence-corrected chi connectivity index (χ0v) is 15.5. The summed E-state index contributed by atoms with van der Waals surface area (Å²) >= 11 is 0. The van der Waals surface area contributed by atoms with Gasteiger partial charge < -0.3 is 14.4 Å². The SMILES string of the molecule is Cn1c(=O)oc2cc(C(O)CCN3CCN(c4ccccc4)CC3)ccc21. The number of benzene rings is 2. The molecule has 0 aliphatic carbocycles. The van der Waals surface area contributed by atoms with Crippen LogP contribution in [0.4, 0.5) is 5.69 Å². The first-order valence-electron chi connectivity index (χ1n) is 9.42. The molecule has 1 aliphatic rings. The number of nitrogens with zero attached hydrogens (tertiary/aromatic N) is 3.